The summed E-state index contributed by atoms with van der Waals surface area (Å²) in [6.45, 7) is 3.81. The van der Waals surface area contributed by atoms with Crippen molar-refractivity contribution in [3.63, 3.8) is 0 Å². The summed E-state index contributed by atoms with van der Waals surface area (Å²) < 4.78 is 13.6. The van der Waals surface area contributed by atoms with Gasteiger partial charge in [0.2, 0.25) is 0 Å². The first-order valence-electron chi connectivity index (χ1n) is 6.50. The highest BCUT2D eigenvalue weighted by Gasteiger charge is 2.23. The molecule has 1 aliphatic heterocycles. The lowest BCUT2D eigenvalue weighted by atomic mass is 10.1. The summed E-state index contributed by atoms with van der Waals surface area (Å²) in [7, 11) is 0. The number of halogens is 1. The highest BCUT2D eigenvalue weighted by atomic mass is 19.1. The maximum absolute atomic E-state index is 13.6. The van der Waals surface area contributed by atoms with E-state index in [4.69, 9.17) is 5.73 Å². The van der Waals surface area contributed by atoms with Gasteiger partial charge in [-0.15, -0.1) is 0 Å². The molecule has 1 heterocycles. The molecule has 0 aliphatic carbocycles. The normalized spacial score (nSPS) is 19.9. The van der Waals surface area contributed by atoms with Crippen LogP contribution in [0.5, 0.6) is 0 Å². The molecule has 3 heteroatoms. The van der Waals surface area contributed by atoms with Gasteiger partial charge in [-0.25, -0.2) is 4.39 Å². The van der Waals surface area contributed by atoms with Gasteiger partial charge in [0.1, 0.15) is 5.82 Å². The van der Waals surface area contributed by atoms with Crippen molar-refractivity contribution in [2.45, 2.75) is 38.6 Å². The number of hydrogen-bond donors (Lipinski definition) is 1. The standard InChI is InChI=1S/C14H21FN2/c1-2-13-4-3-7-17(13)14-9-11(5-6-16)8-12(15)10-14/h8-10,13H,2-7,16H2,1H3. The highest BCUT2D eigenvalue weighted by Crippen LogP contribution is 2.28. The van der Waals surface area contributed by atoms with E-state index in [0.717, 1.165) is 30.6 Å². The molecule has 2 nitrogen and oxygen atoms in total. The van der Waals surface area contributed by atoms with Gasteiger partial charge in [-0.3, -0.25) is 0 Å². The van der Waals surface area contributed by atoms with Crippen molar-refractivity contribution in [1.29, 1.82) is 0 Å². The van der Waals surface area contributed by atoms with Crippen LogP contribution in [0.2, 0.25) is 0 Å². The fraction of sp³-hybridized carbons (Fsp3) is 0.571. The van der Waals surface area contributed by atoms with E-state index >= 15 is 0 Å². The van der Waals surface area contributed by atoms with Crippen LogP contribution in [0.4, 0.5) is 10.1 Å². The zero-order valence-corrected chi connectivity index (χ0v) is 10.5. The third kappa shape index (κ3) is 2.78. The molecule has 1 aliphatic rings. The third-order valence-electron chi connectivity index (χ3n) is 3.56. The summed E-state index contributed by atoms with van der Waals surface area (Å²) in [5.74, 6) is -0.146. The van der Waals surface area contributed by atoms with Crippen LogP contribution in [0, 0.1) is 5.82 Å². The topological polar surface area (TPSA) is 29.3 Å². The third-order valence-corrected chi connectivity index (χ3v) is 3.56. The molecule has 0 amide bonds. The average molecular weight is 236 g/mol. The van der Waals surface area contributed by atoms with Crippen molar-refractivity contribution >= 4 is 5.69 Å². The Bertz CT molecular complexity index is 378. The Morgan fingerprint density at radius 1 is 1.41 bits per heavy atom. The fourth-order valence-electron chi connectivity index (χ4n) is 2.71. The first-order valence-corrected chi connectivity index (χ1v) is 6.50. The zero-order chi connectivity index (χ0) is 12.3. The van der Waals surface area contributed by atoms with Gasteiger partial charge in [-0.2, -0.15) is 0 Å². The molecule has 1 fully saturated rings. The first kappa shape index (κ1) is 12.4. The van der Waals surface area contributed by atoms with Crippen molar-refractivity contribution in [2.24, 2.45) is 5.73 Å². The van der Waals surface area contributed by atoms with Gasteiger partial charge in [-0.05, 0) is 56.0 Å². The Hall–Kier alpha value is -1.09. The highest BCUT2D eigenvalue weighted by molar-refractivity contribution is 5.51. The molecule has 0 aromatic heterocycles. The number of nitrogens with zero attached hydrogens (tertiary/aromatic N) is 1. The monoisotopic (exact) mass is 236 g/mol. The average Bonchev–Trinajstić information content (AvgIpc) is 2.76. The smallest absolute Gasteiger partial charge is 0.125 e. The fourth-order valence-corrected chi connectivity index (χ4v) is 2.71. The van der Waals surface area contributed by atoms with Gasteiger partial charge in [0.15, 0.2) is 0 Å². The molecule has 0 saturated carbocycles. The van der Waals surface area contributed by atoms with E-state index in [1.165, 1.54) is 12.8 Å². The molecule has 1 aromatic rings. The molecular weight excluding hydrogens is 215 g/mol. The molecule has 0 bridgehead atoms. The largest absolute Gasteiger partial charge is 0.368 e. The van der Waals surface area contributed by atoms with E-state index in [1.807, 2.05) is 0 Å². The van der Waals surface area contributed by atoms with Crippen LogP contribution in [0.1, 0.15) is 31.7 Å². The van der Waals surface area contributed by atoms with Gasteiger partial charge >= 0.3 is 0 Å². The second-order valence-electron chi connectivity index (χ2n) is 4.75. The Morgan fingerprint density at radius 3 is 2.94 bits per heavy atom. The van der Waals surface area contributed by atoms with Crippen molar-refractivity contribution in [3.05, 3.63) is 29.6 Å². The molecular formula is C14H21FN2. The van der Waals surface area contributed by atoms with Crippen molar-refractivity contribution in [3.8, 4) is 0 Å². The molecule has 1 saturated heterocycles. The van der Waals surface area contributed by atoms with Crippen LogP contribution in [0.15, 0.2) is 18.2 Å². The van der Waals surface area contributed by atoms with E-state index in [9.17, 15) is 4.39 Å². The van der Waals surface area contributed by atoms with Gasteiger partial charge in [0.25, 0.3) is 0 Å². The summed E-state index contributed by atoms with van der Waals surface area (Å²) in [5.41, 5.74) is 7.56. The summed E-state index contributed by atoms with van der Waals surface area (Å²) >= 11 is 0. The Balaban J connectivity index is 2.24. The minimum absolute atomic E-state index is 0.146. The summed E-state index contributed by atoms with van der Waals surface area (Å²) in [6.07, 6.45) is 4.30. The Labute approximate surface area is 103 Å². The molecule has 1 aromatic carbocycles. The molecule has 17 heavy (non-hydrogen) atoms. The molecule has 94 valence electrons. The van der Waals surface area contributed by atoms with Crippen LogP contribution < -0.4 is 10.6 Å². The molecule has 1 unspecified atom stereocenters. The SMILES string of the molecule is CCC1CCCN1c1cc(F)cc(CCN)c1. The number of nitrogens with two attached hydrogens (primary N) is 1. The molecule has 0 radical (unpaired) electrons. The molecule has 2 rings (SSSR count). The second kappa shape index (κ2) is 5.50. The predicted molar refractivity (Wildman–Crippen MR) is 69.8 cm³/mol. The van der Waals surface area contributed by atoms with E-state index in [2.05, 4.69) is 17.9 Å². The van der Waals surface area contributed by atoms with Crippen LogP contribution in [0.25, 0.3) is 0 Å². The summed E-state index contributed by atoms with van der Waals surface area (Å²) in [5, 5.41) is 0. The van der Waals surface area contributed by atoms with Gasteiger partial charge in [-0.1, -0.05) is 6.92 Å². The lowest BCUT2D eigenvalue weighted by Gasteiger charge is -2.26. The minimum Gasteiger partial charge on any atom is -0.368 e. The quantitative estimate of drug-likeness (QED) is 0.871. The minimum atomic E-state index is -0.146. The van der Waals surface area contributed by atoms with Crippen LogP contribution in [0.3, 0.4) is 0 Å². The van der Waals surface area contributed by atoms with Gasteiger partial charge < -0.3 is 10.6 Å². The van der Waals surface area contributed by atoms with Gasteiger partial charge in [0.05, 0.1) is 0 Å². The van der Waals surface area contributed by atoms with Crippen molar-refractivity contribution in [1.82, 2.24) is 0 Å². The van der Waals surface area contributed by atoms with E-state index in [0.29, 0.717) is 12.6 Å². The Morgan fingerprint density at radius 2 is 2.24 bits per heavy atom. The number of benzene rings is 1. The number of anilines is 1. The second-order valence-corrected chi connectivity index (χ2v) is 4.75. The maximum atomic E-state index is 13.6. The molecule has 1 atom stereocenters. The maximum Gasteiger partial charge on any atom is 0.125 e. The first-order chi connectivity index (χ1) is 8.24. The lowest BCUT2D eigenvalue weighted by Crippen LogP contribution is -2.28. The number of rotatable bonds is 4. The van der Waals surface area contributed by atoms with Crippen molar-refractivity contribution in [2.75, 3.05) is 18.0 Å². The number of hydrogen-bond acceptors (Lipinski definition) is 2. The molecule has 2 N–H and O–H groups in total. The van der Waals surface area contributed by atoms with E-state index < -0.39 is 0 Å². The Kier molecular flexibility index (Phi) is 4.00. The van der Waals surface area contributed by atoms with Crippen LogP contribution in [-0.2, 0) is 6.42 Å². The van der Waals surface area contributed by atoms with Gasteiger partial charge in [0, 0.05) is 18.3 Å². The van der Waals surface area contributed by atoms with Crippen LogP contribution in [-0.4, -0.2) is 19.1 Å². The summed E-state index contributed by atoms with van der Waals surface area (Å²) in [6, 6.07) is 5.90. The van der Waals surface area contributed by atoms with Crippen molar-refractivity contribution < 1.29 is 4.39 Å². The van der Waals surface area contributed by atoms with E-state index in [-0.39, 0.29) is 5.82 Å². The predicted octanol–water partition coefficient (Wildman–Crippen LogP) is 2.71. The van der Waals surface area contributed by atoms with E-state index in [1.54, 1.807) is 12.1 Å². The lowest BCUT2D eigenvalue weighted by molar-refractivity contribution is 0.617. The summed E-state index contributed by atoms with van der Waals surface area (Å²) in [4.78, 5) is 2.34. The zero-order valence-electron chi connectivity index (χ0n) is 10.5. The molecule has 0 spiro atoms. The van der Waals surface area contributed by atoms with Crippen LogP contribution >= 0.6 is 0 Å².